The number of nitrogens with two attached hydrogens (primary N) is 1. The molecule has 2 amide bonds. The summed E-state index contributed by atoms with van der Waals surface area (Å²) in [6.45, 7) is 0.441. The first-order chi connectivity index (χ1) is 14.0. The van der Waals surface area contributed by atoms with Gasteiger partial charge < -0.3 is 20.8 Å². The molecule has 1 aromatic carbocycles. The van der Waals surface area contributed by atoms with Crippen molar-refractivity contribution in [1.82, 2.24) is 10.6 Å². The quantitative estimate of drug-likeness (QED) is 0.700. The van der Waals surface area contributed by atoms with E-state index in [2.05, 4.69) is 10.6 Å². The predicted molar refractivity (Wildman–Crippen MR) is 115 cm³/mol. The Bertz CT molecular complexity index is 920. The summed E-state index contributed by atoms with van der Waals surface area (Å²) in [7, 11) is 1.63. The van der Waals surface area contributed by atoms with Crippen LogP contribution in [0.1, 0.15) is 48.2 Å². The maximum atomic E-state index is 13.1. The van der Waals surface area contributed by atoms with E-state index in [1.54, 1.807) is 30.9 Å². The second-order valence-corrected chi connectivity index (χ2v) is 9.21. The van der Waals surface area contributed by atoms with Crippen molar-refractivity contribution in [1.29, 1.82) is 0 Å². The van der Waals surface area contributed by atoms with Crippen LogP contribution in [0.3, 0.4) is 0 Å². The molecule has 29 heavy (non-hydrogen) atoms. The van der Waals surface area contributed by atoms with Crippen LogP contribution in [0.5, 0.6) is 0 Å². The first kappa shape index (κ1) is 20.0. The van der Waals surface area contributed by atoms with Crippen molar-refractivity contribution < 1.29 is 14.0 Å². The van der Waals surface area contributed by atoms with Crippen LogP contribution in [0, 0.1) is 0 Å². The zero-order valence-corrected chi connectivity index (χ0v) is 17.4. The number of hydrogen-bond acceptors (Lipinski definition) is 5. The molecule has 1 aliphatic carbocycles. The van der Waals surface area contributed by atoms with Crippen molar-refractivity contribution >= 4 is 23.6 Å². The van der Waals surface area contributed by atoms with E-state index >= 15 is 0 Å². The average molecular weight is 414 g/mol. The van der Waals surface area contributed by atoms with Crippen molar-refractivity contribution in [2.75, 3.05) is 12.8 Å². The van der Waals surface area contributed by atoms with Crippen LogP contribution >= 0.6 is 11.8 Å². The van der Waals surface area contributed by atoms with Crippen molar-refractivity contribution in [3.05, 3.63) is 47.7 Å². The van der Waals surface area contributed by atoms with Gasteiger partial charge in [-0.15, -0.1) is 11.8 Å². The minimum Gasteiger partial charge on any atom is -0.451 e. The number of carbonyl (C=O) groups excluding carboxylic acids is 2. The highest BCUT2D eigenvalue weighted by Gasteiger charge is 2.64. The fourth-order valence-corrected chi connectivity index (χ4v) is 6.29. The fraction of sp³-hybridized carbons (Fsp3) is 0.455. The van der Waals surface area contributed by atoms with Gasteiger partial charge in [0.25, 0.3) is 5.91 Å². The summed E-state index contributed by atoms with van der Waals surface area (Å²) >= 11 is 1.80. The molecule has 1 saturated heterocycles. The molecule has 0 bridgehead atoms. The molecule has 2 fully saturated rings. The molecule has 1 aromatic heterocycles. The summed E-state index contributed by atoms with van der Waals surface area (Å²) in [5.74, 6) is 0.943. The zero-order valence-electron chi connectivity index (χ0n) is 16.6. The van der Waals surface area contributed by atoms with Crippen molar-refractivity contribution in [3.8, 4) is 11.3 Å². The van der Waals surface area contributed by atoms with Gasteiger partial charge in [0.15, 0.2) is 5.76 Å². The summed E-state index contributed by atoms with van der Waals surface area (Å²) in [4.78, 5) is 25.9. The molecular weight excluding hydrogens is 386 g/mol. The van der Waals surface area contributed by atoms with E-state index in [0.717, 1.165) is 36.8 Å². The Balaban J connectivity index is 1.58. The van der Waals surface area contributed by atoms with Gasteiger partial charge in [0, 0.05) is 29.7 Å². The number of likely N-dealkylation sites (N-methyl/N-ethyl adjacent to an activating group) is 1. The predicted octanol–water partition coefficient (Wildman–Crippen LogP) is 3.07. The van der Waals surface area contributed by atoms with Crippen LogP contribution < -0.4 is 16.4 Å². The highest BCUT2D eigenvalue weighted by atomic mass is 32.2. The Kier molecular flexibility index (Phi) is 5.44. The highest BCUT2D eigenvalue weighted by Crippen LogP contribution is 2.57. The van der Waals surface area contributed by atoms with E-state index in [1.807, 2.05) is 24.3 Å². The number of amides is 2. The van der Waals surface area contributed by atoms with Gasteiger partial charge in [-0.3, -0.25) is 9.59 Å². The third-order valence-corrected chi connectivity index (χ3v) is 8.11. The van der Waals surface area contributed by atoms with Gasteiger partial charge in [0.2, 0.25) is 5.91 Å². The molecule has 2 heterocycles. The van der Waals surface area contributed by atoms with Gasteiger partial charge in [-0.2, -0.15) is 0 Å². The lowest BCUT2D eigenvalue weighted by molar-refractivity contribution is -0.128. The third kappa shape index (κ3) is 3.36. The second kappa shape index (κ2) is 7.88. The largest absolute Gasteiger partial charge is 0.451 e. The molecule has 1 unspecified atom stereocenters. The second-order valence-electron chi connectivity index (χ2n) is 7.85. The number of carbonyl (C=O) groups is 2. The molecular formula is C22H27N3O3S. The molecule has 6 nitrogen and oxygen atoms in total. The van der Waals surface area contributed by atoms with E-state index in [0.29, 0.717) is 18.1 Å². The van der Waals surface area contributed by atoms with Gasteiger partial charge >= 0.3 is 0 Å². The number of rotatable bonds is 5. The summed E-state index contributed by atoms with van der Waals surface area (Å²) in [6.07, 6.45) is 5.25. The first-order valence-electron chi connectivity index (χ1n) is 10.1. The summed E-state index contributed by atoms with van der Waals surface area (Å²) in [6, 6.07) is 11.2. The van der Waals surface area contributed by atoms with Gasteiger partial charge in [-0.1, -0.05) is 37.5 Å². The van der Waals surface area contributed by atoms with Crippen LogP contribution in [0.15, 0.2) is 40.8 Å². The van der Waals surface area contributed by atoms with E-state index in [4.69, 9.17) is 10.2 Å². The number of benzene rings is 1. The molecule has 2 aromatic rings. The van der Waals surface area contributed by atoms with Gasteiger partial charge in [0.1, 0.15) is 11.3 Å². The van der Waals surface area contributed by atoms with E-state index in [1.165, 1.54) is 6.42 Å². The van der Waals surface area contributed by atoms with Gasteiger partial charge in [-0.05, 0) is 36.6 Å². The number of nitrogens with one attached hydrogen (secondary N) is 2. The van der Waals surface area contributed by atoms with Crippen molar-refractivity contribution in [2.24, 2.45) is 5.73 Å². The molecule has 1 atom stereocenters. The van der Waals surface area contributed by atoms with Crippen molar-refractivity contribution in [2.45, 2.75) is 48.9 Å². The lowest BCUT2D eigenvalue weighted by Crippen LogP contribution is -2.77. The van der Waals surface area contributed by atoms with E-state index < -0.39 is 5.54 Å². The molecule has 1 spiro atoms. The maximum Gasteiger partial charge on any atom is 0.287 e. The van der Waals surface area contributed by atoms with Crippen LogP contribution in [-0.4, -0.2) is 34.9 Å². The normalized spacial score (nSPS) is 22.7. The molecule has 2 aliphatic rings. The first-order valence-corrected chi connectivity index (χ1v) is 11.1. The molecule has 7 heteroatoms. The van der Waals surface area contributed by atoms with Gasteiger partial charge in [0.05, 0.1) is 0 Å². The third-order valence-electron chi connectivity index (χ3n) is 6.22. The fourth-order valence-electron chi connectivity index (χ4n) is 4.53. The van der Waals surface area contributed by atoms with E-state index in [-0.39, 0.29) is 22.3 Å². The molecule has 154 valence electrons. The smallest absolute Gasteiger partial charge is 0.287 e. The number of hydrogen-bond donors (Lipinski definition) is 3. The van der Waals surface area contributed by atoms with Crippen LogP contribution in [-0.2, 0) is 11.3 Å². The maximum absolute atomic E-state index is 13.1. The van der Waals surface area contributed by atoms with Gasteiger partial charge in [-0.25, -0.2) is 0 Å². The lowest BCUT2D eigenvalue weighted by Gasteiger charge is -2.58. The SMILES string of the molecule is CNC(=O)C1(NC(=O)c2ccc(-c3cccc(CN)c3)o2)CSC12CCCCC2. The van der Waals surface area contributed by atoms with Crippen LogP contribution in [0.4, 0.5) is 0 Å². The number of thioether (sulfide) groups is 1. The highest BCUT2D eigenvalue weighted by molar-refractivity contribution is 8.02. The Morgan fingerprint density at radius 3 is 2.62 bits per heavy atom. The monoisotopic (exact) mass is 413 g/mol. The Morgan fingerprint density at radius 2 is 1.97 bits per heavy atom. The summed E-state index contributed by atoms with van der Waals surface area (Å²) in [5, 5.41) is 5.83. The minimum absolute atomic E-state index is 0.117. The van der Waals surface area contributed by atoms with Crippen molar-refractivity contribution in [3.63, 3.8) is 0 Å². The Labute approximate surface area is 175 Å². The zero-order chi connectivity index (χ0) is 20.5. The molecule has 1 aliphatic heterocycles. The molecule has 0 radical (unpaired) electrons. The topological polar surface area (TPSA) is 97.4 Å². The molecule has 4 rings (SSSR count). The van der Waals surface area contributed by atoms with Crippen LogP contribution in [0.25, 0.3) is 11.3 Å². The standard InChI is InChI=1S/C22H27N3O3S/c1-24-20(27)22(14-29-21(22)10-3-2-4-11-21)25-19(26)18-9-8-17(28-18)16-7-5-6-15(12-16)13-23/h5-9,12H,2-4,10-11,13-14,23H2,1H3,(H,24,27)(H,25,26). The Morgan fingerprint density at radius 1 is 1.17 bits per heavy atom. The average Bonchev–Trinajstić information content (AvgIpc) is 3.27. The molecule has 1 saturated carbocycles. The summed E-state index contributed by atoms with van der Waals surface area (Å²) < 4.78 is 5.63. The minimum atomic E-state index is -0.879. The van der Waals surface area contributed by atoms with E-state index in [9.17, 15) is 9.59 Å². The number of furan rings is 1. The Hall–Kier alpha value is -2.25. The van der Waals surface area contributed by atoms with Crippen LogP contribution in [0.2, 0.25) is 0 Å². The summed E-state index contributed by atoms with van der Waals surface area (Å²) in [5.41, 5.74) is 6.70. The molecule has 4 N–H and O–H groups in total. The lowest BCUT2D eigenvalue weighted by atomic mass is 9.72.